The summed E-state index contributed by atoms with van der Waals surface area (Å²) < 4.78 is 10.6. The lowest BCUT2D eigenvalue weighted by molar-refractivity contribution is -0.155. The number of para-hydroxylation sites is 1. The molecule has 0 aromatic heterocycles. The molecular weight excluding hydrogens is 356 g/mol. The Bertz CT molecular complexity index is 900. The first-order valence-electron chi connectivity index (χ1n) is 9.04. The van der Waals surface area contributed by atoms with Crippen molar-refractivity contribution >= 4 is 17.6 Å². The normalized spacial score (nSPS) is 11.4. The number of aryl methyl sites for hydroxylation is 1. The molecule has 0 saturated heterocycles. The number of nitrogens with zero attached hydrogens (tertiary/aromatic N) is 1. The number of carbonyl (C=O) groups excluding carboxylic acids is 2. The zero-order chi connectivity index (χ0) is 20.7. The molecule has 0 spiro atoms. The minimum atomic E-state index is -1.02. The van der Waals surface area contributed by atoms with Crippen LogP contribution in [0.1, 0.15) is 43.4 Å². The van der Waals surface area contributed by atoms with E-state index in [-0.39, 0.29) is 6.61 Å². The van der Waals surface area contributed by atoms with E-state index in [0.717, 1.165) is 5.56 Å². The topological polar surface area (TPSA) is 88.4 Å². The minimum Gasteiger partial charge on any atom is -0.482 e. The molecule has 0 heterocycles. The van der Waals surface area contributed by atoms with Crippen molar-refractivity contribution in [2.45, 2.75) is 39.7 Å². The molecule has 0 saturated carbocycles. The van der Waals surface area contributed by atoms with Gasteiger partial charge in [-0.15, -0.1) is 0 Å². The van der Waals surface area contributed by atoms with Gasteiger partial charge in [0.25, 0.3) is 5.91 Å². The Labute approximate surface area is 165 Å². The molecule has 0 bridgehead atoms. The van der Waals surface area contributed by atoms with Crippen molar-refractivity contribution in [1.82, 2.24) is 0 Å². The molecule has 0 radical (unpaired) electrons. The second kappa shape index (κ2) is 9.56. The van der Waals surface area contributed by atoms with Crippen molar-refractivity contribution < 1.29 is 19.1 Å². The van der Waals surface area contributed by atoms with Crippen molar-refractivity contribution in [2.24, 2.45) is 0 Å². The van der Waals surface area contributed by atoms with Gasteiger partial charge >= 0.3 is 5.97 Å². The summed E-state index contributed by atoms with van der Waals surface area (Å²) in [6.45, 7) is 7.38. The Morgan fingerprint density at radius 3 is 2.50 bits per heavy atom. The molecule has 0 unspecified atom stereocenters. The average molecular weight is 380 g/mol. The average Bonchev–Trinajstić information content (AvgIpc) is 2.66. The maximum Gasteiger partial charge on any atom is 0.344 e. The van der Waals surface area contributed by atoms with E-state index in [2.05, 4.69) is 19.2 Å². The zero-order valence-corrected chi connectivity index (χ0v) is 16.5. The molecule has 0 aliphatic heterocycles. The van der Waals surface area contributed by atoms with Crippen molar-refractivity contribution in [3.63, 3.8) is 0 Å². The highest BCUT2D eigenvalue weighted by atomic mass is 16.6. The van der Waals surface area contributed by atoms with Gasteiger partial charge in [-0.1, -0.05) is 32.0 Å². The molecular formula is C22H24N2O4. The number of carbonyl (C=O) groups is 2. The number of amides is 1. The third-order valence-corrected chi connectivity index (χ3v) is 4.20. The summed E-state index contributed by atoms with van der Waals surface area (Å²) in [7, 11) is 0. The fourth-order valence-electron chi connectivity index (χ4n) is 2.74. The maximum atomic E-state index is 12.2. The summed E-state index contributed by atoms with van der Waals surface area (Å²) >= 11 is 0. The smallest absolute Gasteiger partial charge is 0.344 e. The van der Waals surface area contributed by atoms with E-state index >= 15 is 0 Å². The lowest BCUT2D eigenvalue weighted by atomic mass is 9.98. The van der Waals surface area contributed by atoms with Crippen LogP contribution in [0.3, 0.4) is 0 Å². The lowest BCUT2D eigenvalue weighted by Gasteiger charge is -2.15. The van der Waals surface area contributed by atoms with Crippen LogP contribution in [-0.4, -0.2) is 24.6 Å². The summed E-state index contributed by atoms with van der Waals surface area (Å²) in [6.07, 6.45) is -1.02. The second-order valence-corrected chi connectivity index (χ2v) is 6.74. The van der Waals surface area contributed by atoms with Gasteiger partial charge in [0, 0.05) is 0 Å². The zero-order valence-electron chi connectivity index (χ0n) is 16.5. The van der Waals surface area contributed by atoms with E-state index in [1.165, 1.54) is 12.5 Å². The summed E-state index contributed by atoms with van der Waals surface area (Å²) in [4.78, 5) is 24.2. The third kappa shape index (κ3) is 5.58. The van der Waals surface area contributed by atoms with Gasteiger partial charge in [-0.2, -0.15) is 5.26 Å². The third-order valence-electron chi connectivity index (χ3n) is 4.20. The Morgan fingerprint density at radius 2 is 1.86 bits per heavy atom. The summed E-state index contributed by atoms with van der Waals surface area (Å²) in [5, 5.41) is 11.6. The first kappa shape index (κ1) is 21.0. The molecule has 0 fully saturated rings. The molecule has 6 heteroatoms. The highest BCUT2D eigenvalue weighted by molar-refractivity contribution is 5.96. The number of ether oxygens (including phenoxy) is 2. The van der Waals surface area contributed by atoms with Gasteiger partial charge in [0.1, 0.15) is 11.8 Å². The van der Waals surface area contributed by atoms with Crippen molar-refractivity contribution in [1.29, 1.82) is 5.26 Å². The fourth-order valence-corrected chi connectivity index (χ4v) is 2.74. The number of hydrogen-bond donors (Lipinski definition) is 1. The van der Waals surface area contributed by atoms with Crippen LogP contribution in [0.15, 0.2) is 42.5 Å². The predicted molar refractivity (Wildman–Crippen MR) is 106 cm³/mol. The highest BCUT2D eigenvalue weighted by Gasteiger charge is 2.19. The summed E-state index contributed by atoms with van der Waals surface area (Å²) in [5.74, 6) is -0.196. The van der Waals surface area contributed by atoms with E-state index in [9.17, 15) is 9.59 Å². The Hall–Kier alpha value is -3.33. The minimum absolute atomic E-state index is 0.299. The number of rotatable bonds is 7. The molecule has 1 atom stereocenters. The van der Waals surface area contributed by atoms with Crippen LogP contribution in [-0.2, 0) is 14.3 Å². The van der Waals surface area contributed by atoms with Crippen LogP contribution in [0.2, 0.25) is 0 Å². The van der Waals surface area contributed by atoms with Crippen molar-refractivity contribution in [3.8, 4) is 11.8 Å². The van der Waals surface area contributed by atoms with Gasteiger partial charge in [0.2, 0.25) is 0 Å². The Kier molecular flexibility index (Phi) is 7.16. The van der Waals surface area contributed by atoms with Gasteiger partial charge in [-0.05, 0) is 55.2 Å². The van der Waals surface area contributed by atoms with Crippen LogP contribution < -0.4 is 10.1 Å². The van der Waals surface area contributed by atoms with Crippen LogP contribution in [0, 0.1) is 18.3 Å². The molecule has 2 aromatic rings. The van der Waals surface area contributed by atoms with Gasteiger partial charge < -0.3 is 14.8 Å². The highest BCUT2D eigenvalue weighted by Crippen LogP contribution is 2.23. The Balaban J connectivity index is 1.87. The first-order valence-corrected chi connectivity index (χ1v) is 9.04. The van der Waals surface area contributed by atoms with Crippen LogP contribution in [0.5, 0.6) is 5.75 Å². The Morgan fingerprint density at radius 1 is 1.14 bits per heavy atom. The molecule has 1 amide bonds. The first-order chi connectivity index (χ1) is 13.3. The maximum absolute atomic E-state index is 12.2. The quantitative estimate of drug-likeness (QED) is 0.735. The lowest BCUT2D eigenvalue weighted by Crippen LogP contribution is -2.31. The second-order valence-electron chi connectivity index (χ2n) is 6.74. The standard InChI is InChI=1S/C22H24N2O4/c1-14(2)19-10-9-18(11-15(19)3)27-13-21(25)28-16(4)22(26)24-20-8-6-5-7-17(20)12-23/h5-11,14,16H,13H2,1-4H3,(H,24,26)/t16-/m1/s1. The monoisotopic (exact) mass is 380 g/mol. The largest absolute Gasteiger partial charge is 0.482 e. The van der Waals surface area contributed by atoms with Gasteiger partial charge in [0.05, 0.1) is 11.3 Å². The van der Waals surface area contributed by atoms with Gasteiger partial charge in [-0.25, -0.2) is 4.79 Å². The van der Waals surface area contributed by atoms with Crippen LogP contribution >= 0.6 is 0 Å². The van der Waals surface area contributed by atoms with E-state index in [0.29, 0.717) is 22.9 Å². The SMILES string of the molecule is Cc1cc(OCC(=O)O[C@H](C)C(=O)Nc2ccccc2C#N)ccc1C(C)C. The molecule has 0 aliphatic rings. The number of hydrogen-bond acceptors (Lipinski definition) is 5. The molecule has 2 aromatic carbocycles. The summed E-state index contributed by atoms with van der Waals surface area (Å²) in [6, 6.07) is 14.2. The van der Waals surface area contributed by atoms with Gasteiger partial charge in [-0.3, -0.25) is 4.79 Å². The van der Waals surface area contributed by atoms with E-state index in [1.807, 2.05) is 31.2 Å². The van der Waals surface area contributed by atoms with Gasteiger partial charge in [0.15, 0.2) is 12.7 Å². The van der Waals surface area contributed by atoms with E-state index < -0.39 is 18.0 Å². The molecule has 28 heavy (non-hydrogen) atoms. The molecule has 0 aliphatic carbocycles. The molecule has 6 nitrogen and oxygen atoms in total. The number of nitriles is 1. The molecule has 146 valence electrons. The number of esters is 1. The van der Waals surface area contributed by atoms with Crippen molar-refractivity contribution in [2.75, 3.05) is 11.9 Å². The number of anilines is 1. The fraction of sp³-hybridized carbons (Fsp3) is 0.318. The molecule has 1 N–H and O–H groups in total. The predicted octanol–water partition coefficient (Wildman–Crippen LogP) is 3.94. The van der Waals surface area contributed by atoms with E-state index in [1.54, 1.807) is 24.3 Å². The summed E-state index contributed by atoms with van der Waals surface area (Å²) in [5.41, 5.74) is 3.01. The molecule has 2 rings (SSSR count). The van der Waals surface area contributed by atoms with Crippen LogP contribution in [0.4, 0.5) is 5.69 Å². The van der Waals surface area contributed by atoms with Crippen LogP contribution in [0.25, 0.3) is 0 Å². The van der Waals surface area contributed by atoms with Crippen molar-refractivity contribution in [3.05, 3.63) is 59.2 Å². The van der Waals surface area contributed by atoms with E-state index in [4.69, 9.17) is 14.7 Å². The number of nitrogens with one attached hydrogen (secondary N) is 1. The number of benzene rings is 2.